The van der Waals surface area contributed by atoms with Crippen LogP contribution in [0.25, 0.3) is 0 Å². The zero-order chi connectivity index (χ0) is 10.8. The Labute approximate surface area is 89.9 Å². The second kappa shape index (κ2) is 4.19. The van der Waals surface area contributed by atoms with Gasteiger partial charge in [0.2, 0.25) is 0 Å². The van der Waals surface area contributed by atoms with Crippen LogP contribution < -0.4 is 10.6 Å². The molecular formula is C12H17FN2. The van der Waals surface area contributed by atoms with Crippen LogP contribution in [-0.2, 0) is 6.42 Å². The van der Waals surface area contributed by atoms with Gasteiger partial charge in [0.25, 0.3) is 0 Å². The maximum atomic E-state index is 13.4. The summed E-state index contributed by atoms with van der Waals surface area (Å²) in [5.74, 6) is 0. The molecule has 0 spiro atoms. The van der Waals surface area contributed by atoms with E-state index in [2.05, 4.69) is 11.8 Å². The number of nitrogens with zero attached hydrogens (tertiary/aromatic N) is 1. The van der Waals surface area contributed by atoms with E-state index in [1.54, 1.807) is 0 Å². The lowest BCUT2D eigenvalue weighted by Gasteiger charge is -2.17. The van der Waals surface area contributed by atoms with Crippen molar-refractivity contribution in [1.29, 1.82) is 0 Å². The topological polar surface area (TPSA) is 29.3 Å². The highest BCUT2D eigenvalue weighted by molar-refractivity contribution is 5.59. The van der Waals surface area contributed by atoms with Crippen molar-refractivity contribution in [3.8, 4) is 0 Å². The lowest BCUT2D eigenvalue weighted by atomic mass is 10.1. The van der Waals surface area contributed by atoms with Gasteiger partial charge in [-0.15, -0.1) is 0 Å². The van der Waals surface area contributed by atoms with Crippen molar-refractivity contribution in [2.45, 2.75) is 19.5 Å². The van der Waals surface area contributed by atoms with Crippen molar-refractivity contribution in [3.63, 3.8) is 0 Å². The number of hydrogen-bond acceptors (Lipinski definition) is 2. The van der Waals surface area contributed by atoms with Crippen LogP contribution in [0.5, 0.6) is 0 Å². The Morgan fingerprint density at radius 1 is 1.53 bits per heavy atom. The summed E-state index contributed by atoms with van der Waals surface area (Å²) in [5.41, 5.74) is 8.54. The average Bonchev–Trinajstić information content (AvgIpc) is 2.69. The van der Waals surface area contributed by atoms with E-state index in [9.17, 15) is 4.39 Å². The number of nitrogens with two attached hydrogens (primary N) is 1. The Hall–Kier alpha value is -1.09. The second-order valence-corrected chi connectivity index (χ2v) is 3.92. The van der Waals surface area contributed by atoms with Gasteiger partial charge in [-0.3, -0.25) is 0 Å². The molecule has 82 valence electrons. The summed E-state index contributed by atoms with van der Waals surface area (Å²) < 4.78 is 13.4. The first-order valence-corrected chi connectivity index (χ1v) is 5.48. The summed E-state index contributed by atoms with van der Waals surface area (Å²) in [6.07, 6.45) is -0.000116. The van der Waals surface area contributed by atoms with Crippen molar-refractivity contribution in [2.24, 2.45) is 5.73 Å². The number of alkyl halides is 1. The van der Waals surface area contributed by atoms with Crippen LogP contribution in [0.1, 0.15) is 24.2 Å². The van der Waals surface area contributed by atoms with Crippen molar-refractivity contribution >= 4 is 5.69 Å². The van der Waals surface area contributed by atoms with Crippen LogP contribution in [0, 0.1) is 0 Å². The molecule has 0 aliphatic carbocycles. The van der Waals surface area contributed by atoms with Gasteiger partial charge in [-0.05, 0) is 30.5 Å². The summed E-state index contributed by atoms with van der Waals surface area (Å²) in [6, 6.07) is 5.83. The van der Waals surface area contributed by atoms with E-state index in [-0.39, 0.29) is 6.54 Å². The molecule has 2 N–H and O–H groups in total. The molecule has 1 aliphatic rings. The van der Waals surface area contributed by atoms with Gasteiger partial charge in [-0.25, -0.2) is 4.39 Å². The van der Waals surface area contributed by atoms with Crippen LogP contribution in [0.3, 0.4) is 0 Å². The summed E-state index contributed by atoms with van der Waals surface area (Å²) in [6.45, 7) is 4.27. The first kappa shape index (κ1) is 10.4. The van der Waals surface area contributed by atoms with Gasteiger partial charge in [-0.2, -0.15) is 0 Å². The van der Waals surface area contributed by atoms with Gasteiger partial charge in [0, 0.05) is 25.3 Å². The van der Waals surface area contributed by atoms with Crippen LogP contribution >= 0.6 is 0 Å². The molecule has 1 atom stereocenters. The zero-order valence-corrected chi connectivity index (χ0v) is 9.04. The Balaban J connectivity index is 2.29. The fraction of sp³-hybridized carbons (Fsp3) is 0.500. The monoisotopic (exact) mass is 208 g/mol. The molecule has 1 aliphatic heterocycles. The van der Waals surface area contributed by atoms with E-state index in [1.807, 2.05) is 18.2 Å². The number of rotatable bonds is 3. The quantitative estimate of drug-likeness (QED) is 0.823. The molecule has 0 amide bonds. The molecule has 0 fully saturated rings. The molecular weight excluding hydrogens is 191 g/mol. The Morgan fingerprint density at radius 3 is 3.00 bits per heavy atom. The van der Waals surface area contributed by atoms with Crippen molar-refractivity contribution in [1.82, 2.24) is 0 Å². The molecule has 1 aromatic carbocycles. The number of fused-ring (bicyclic) bond motifs is 1. The summed E-state index contributed by atoms with van der Waals surface area (Å²) in [7, 11) is 0. The highest BCUT2D eigenvalue weighted by Crippen LogP contribution is 2.30. The molecule has 0 aromatic heterocycles. The van der Waals surface area contributed by atoms with E-state index in [4.69, 9.17) is 5.73 Å². The maximum Gasteiger partial charge on any atom is 0.137 e. The first-order valence-electron chi connectivity index (χ1n) is 5.48. The summed E-state index contributed by atoms with van der Waals surface area (Å²) >= 11 is 0. The minimum atomic E-state index is -1.02. The van der Waals surface area contributed by atoms with E-state index >= 15 is 0 Å². The largest absolute Gasteiger partial charge is 0.371 e. The molecule has 1 unspecified atom stereocenters. The predicted molar refractivity (Wildman–Crippen MR) is 60.9 cm³/mol. The molecule has 2 nitrogen and oxygen atoms in total. The smallest absolute Gasteiger partial charge is 0.137 e. The fourth-order valence-corrected chi connectivity index (χ4v) is 2.15. The SMILES string of the molecule is CCN1CCc2cc(C(F)CN)ccc21. The Kier molecular flexibility index (Phi) is 2.91. The normalized spacial score (nSPS) is 16.6. The number of anilines is 1. The molecule has 1 heterocycles. The highest BCUT2D eigenvalue weighted by Gasteiger charge is 2.19. The van der Waals surface area contributed by atoms with Crippen molar-refractivity contribution in [2.75, 3.05) is 24.5 Å². The van der Waals surface area contributed by atoms with E-state index in [0.717, 1.165) is 19.5 Å². The Morgan fingerprint density at radius 2 is 2.33 bits per heavy atom. The predicted octanol–water partition coefficient (Wildman–Crippen LogP) is 2.04. The molecule has 1 aromatic rings. The molecule has 15 heavy (non-hydrogen) atoms. The highest BCUT2D eigenvalue weighted by atomic mass is 19.1. The fourth-order valence-electron chi connectivity index (χ4n) is 2.15. The van der Waals surface area contributed by atoms with Gasteiger partial charge < -0.3 is 10.6 Å². The third-order valence-corrected chi connectivity index (χ3v) is 3.05. The average molecular weight is 208 g/mol. The van der Waals surface area contributed by atoms with Crippen LogP contribution in [0.15, 0.2) is 18.2 Å². The van der Waals surface area contributed by atoms with Gasteiger partial charge in [0.1, 0.15) is 6.17 Å². The third-order valence-electron chi connectivity index (χ3n) is 3.05. The molecule has 0 saturated carbocycles. The van der Waals surface area contributed by atoms with Gasteiger partial charge >= 0.3 is 0 Å². The summed E-state index contributed by atoms with van der Waals surface area (Å²) in [5, 5.41) is 0. The standard InChI is InChI=1S/C12H17FN2/c1-2-15-6-5-10-7-9(11(13)8-14)3-4-12(10)15/h3-4,7,11H,2,5-6,8,14H2,1H3. The lowest BCUT2D eigenvalue weighted by Crippen LogP contribution is -2.19. The van der Waals surface area contributed by atoms with E-state index in [0.29, 0.717) is 5.56 Å². The molecule has 3 heteroatoms. The van der Waals surface area contributed by atoms with Gasteiger partial charge in [0.15, 0.2) is 0 Å². The van der Waals surface area contributed by atoms with E-state index in [1.165, 1.54) is 11.3 Å². The number of benzene rings is 1. The van der Waals surface area contributed by atoms with Crippen molar-refractivity contribution < 1.29 is 4.39 Å². The minimum absolute atomic E-state index is 0.0658. The van der Waals surface area contributed by atoms with Crippen molar-refractivity contribution in [3.05, 3.63) is 29.3 Å². The second-order valence-electron chi connectivity index (χ2n) is 3.92. The third kappa shape index (κ3) is 1.84. The molecule has 0 saturated heterocycles. The molecule has 2 rings (SSSR count). The number of hydrogen-bond donors (Lipinski definition) is 1. The zero-order valence-electron chi connectivity index (χ0n) is 9.04. The minimum Gasteiger partial charge on any atom is -0.371 e. The van der Waals surface area contributed by atoms with Gasteiger partial charge in [-0.1, -0.05) is 12.1 Å². The van der Waals surface area contributed by atoms with Crippen LogP contribution in [-0.4, -0.2) is 19.6 Å². The van der Waals surface area contributed by atoms with Crippen LogP contribution in [0.4, 0.5) is 10.1 Å². The Bertz CT molecular complexity index is 351. The number of halogens is 1. The lowest BCUT2D eigenvalue weighted by molar-refractivity contribution is 0.353. The summed E-state index contributed by atoms with van der Waals surface area (Å²) in [4.78, 5) is 2.31. The molecule has 0 radical (unpaired) electrons. The number of likely N-dealkylation sites (N-methyl/N-ethyl adjacent to an activating group) is 1. The van der Waals surface area contributed by atoms with Gasteiger partial charge in [0.05, 0.1) is 0 Å². The molecule has 0 bridgehead atoms. The van der Waals surface area contributed by atoms with E-state index < -0.39 is 6.17 Å². The maximum absolute atomic E-state index is 13.4. The van der Waals surface area contributed by atoms with Crippen LogP contribution in [0.2, 0.25) is 0 Å². The first-order chi connectivity index (χ1) is 7.26.